The van der Waals surface area contributed by atoms with Gasteiger partial charge in [-0.2, -0.15) is 0 Å². The Bertz CT molecular complexity index is 1600. The van der Waals surface area contributed by atoms with Gasteiger partial charge in [0.05, 0.1) is 29.6 Å². The van der Waals surface area contributed by atoms with Crippen molar-refractivity contribution in [3.63, 3.8) is 0 Å². The summed E-state index contributed by atoms with van der Waals surface area (Å²) in [5, 5.41) is 15.6. The maximum atomic E-state index is 12.7. The van der Waals surface area contributed by atoms with E-state index in [0.717, 1.165) is 47.4 Å². The fourth-order valence-corrected chi connectivity index (χ4v) is 6.28. The molecule has 2 aromatic carbocycles. The third-order valence-corrected chi connectivity index (χ3v) is 10.1. The Hall–Kier alpha value is -3.61. The average molecular weight is 754 g/mol. The number of carbonyl (C=O) groups is 2. The van der Waals surface area contributed by atoms with Crippen molar-refractivity contribution in [2.75, 3.05) is 39.0 Å². The number of halogens is 1. The molecule has 284 valence electrons. The number of aliphatic hydroxyl groups excluding tert-OH is 1. The van der Waals surface area contributed by atoms with E-state index in [1.54, 1.807) is 41.3 Å². The van der Waals surface area contributed by atoms with Crippen LogP contribution in [0.3, 0.4) is 0 Å². The maximum absolute atomic E-state index is 12.7. The fourth-order valence-electron chi connectivity index (χ4n) is 5.83. The molecule has 10 nitrogen and oxygen atoms in total. The first-order valence-electron chi connectivity index (χ1n) is 18.0. The predicted molar refractivity (Wildman–Crippen MR) is 212 cm³/mol. The third-order valence-electron chi connectivity index (χ3n) is 9.34. The highest BCUT2D eigenvalue weighted by Gasteiger charge is 2.49. The Morgan fingerprint density at radius 1 is 1.13 bits per heavy atom. The zero-order valence-corrected chi connectivity index (χ0v) is 32.4. The van der Waals surface area contributed by atoms with Crippen molar-refractivity contribution in [3.8, 4) is 0 Å². The average Bonchev–Trinajstić information content (AvgIpc) is 3.56. The van der Waals surface area contributed by atoms with Crippen LogP contribution < -0.4 is 15.4 Å². The summed E-state index contributed by atoms with van der Waals surface area (Å²) in [6.07, 6.45) is 14.4. The Balaban J connectivity index is 0.000000245. The second-order valence-electron chi connectivity index (χ2n) is 13.2. The van der Waals surface area contributed by atoms with Crippen molar-refractivity contribution < 1.29 is 23.3 Å². The van der Waals surface area contributed by atoms with Crippen LogP contribution in [0.5, 0.6) is 0 Å². The number of para-hydroxylation sites is 2. The molecule has 2 aliphatic heterocycles. The number of oxazole rings is 1. The number of likely N-dealkylation sites (tertiary alicyclic amines) is 1. The number of fused-ring (bicyclic) bond motifs is 1. The van der Waals surface area contributed by atoms with Crippen molar-refractivity contribution in [1.29, 1.82) is 0 Å². The number of piperidine rings is 1. The van der Waals surface area contributed by atoms with Crippen molar-refractivity contribution in [2.24, 2.45) is 5.92 Å². The molecule has 2 atom stereocenters. The molecule has 4 N–H and O–H groups in total. The number of nitrogens with one attached hydrogen (secondary N) is 3. The van der Waals surface area contributed by atoms with Crippen LogP contribution in [0.15, 0.2) is 89.9 Å². The van der Waals surface area contributed by atoms with Gasteiger partial charge in [0.25, 0.3) is 0 Å². The first-order chi connectivity index (χ1) is 25.0. The zero-order chi connectivity index (χ0) is 37.9. The number of aliphatic hydroxyl groups is 1. The van der Waals surface area contributed by atoms with Gasteiger partial charge in [0.1, 0.15) is 11.6 Å². The van der Waals surface area contributed by atoms with Crippen LogP contribution in [-0.2, 0) is 32.6 Å². The number of hydrogen-bond donors (Lipinski definition) is 4. The monoisotopic (exact) mass is 753 g/mol. The first-order valence-corrected chi connectivity index (χ1v) is 20.0. The molecule has 1 saturated carbocycles. The van der Waals surface area contributed by atoms with Crippen LogP contribution in [0.25, 0.3) is 11.1 Å². The molecule has 0 spiro atoms. The Morgan fingerprint density at radius 3 is 2.37 bits per heavy atom. The molecule has 3 aliphatic rings. The van der Waals surface area contributed by atoms with Gasteiger partial charge >= 0.3 is 0 Å². The summed E-state index contributed by atoms with van der Waals surface area (Å²) >= 11 is 5.59. The molecule has 52 heavy (non-hydrogen) atoms. The summed E-state index contributed by atoms with van der Waals surface area (Å²) in [6, 6.07) is 14.3. The molecule has 2 amide bonds. The predicted octanol–water partition coefficient (Wildman–Crippen LogP) is 6.38. The smallest absolute Gasteiger partial charge is 0.242 e. The summed E-state index contributed by atoms with van der Waals surface area (Å²) < 4.78 is 19.6. The minimum atomic E-state index is -1.26. The second kappa shape index (κ2) is 22.5. The molecule has 2 saturated heterocycles. The SMILES string of the molecule is C=C/C=C(/C)C=C.CCC1CCNCC1.CS(=O)NCC(=O)N1CCCC1C(=O)NCC1(c2nc3ccccc3o2)CC1.OCc1ccc(Cl)cc1. The van der Waals surface area contributed by atoms with E-state index < -0.39 is 17.0 Å². The number of nitrogens with zero attached hydrogens (tertiary/aromatic N) is 2. The van der Waals surface area contributed by atoms with Gasteiger partial charge in [0.15, 0.2) is 5.58 Å². The van der Waals surface area contributed by atoms with E-state index in [9.17, 15) is 13.8 Å². The summed E-state index contributed by atoms with van der Waals surface area (Å²) in [5.74, 6) is 1.35. The number of aromatic nitrogens is 1. The lowest BCUT2D eigenvalue weighted by Gasteiger charge is -2.24. The van der Waals surface area contributed by atoms with E-state index in [1.807, 2.05) is 37.3 Å². The van der Waals surface area contributed by atoms with Crippen LogP contribution in [-0.4, -0.2) is 76.0 Å². The van der Waals surface area contributed by atoms with Gasteiger partial charge in [-0.1, -0.05) is 86.2 Å². The lowest BCUT2D eigenvalue weighted by molar-refractivity contribution is -0.137. The quantitative estimate of drug-likeness (QED) is 0.167. The molecule has 3 aromatic rings. The van der Waals surface area contributed by atoms with E-state index in [1.165, 1.54) is 38.6 Å². The van der Waals surface area contributed by atoms with Gasteiger partial charge in [0.2, 0.25) is 17.7 Å². The largest absolute Gasteiger partial charge is 0.440 e. The van der Waals surface area contributed by atoms with E-state index in [-0.39, 0.29) is 30.4 Å². The summed E-state index contributed by atoms with van der Waals surface area (Å²) in [4.78, 5) is 31.2. The molecule has 3 heterocycles. The molecule has 0 radical (unpaired) electrons. The van der Waals surface area contributed by atoms with Crippen molar-refractivity contribution in [2.45, 2.75) is 76.9 Å². The second-order valence-corrected chi connectivity index (χ2v) is 14.9. The summed E-state index contributed by atoms with van der Waals surface area (Å²) in [6.45, 7) is 14.9. The highest BCUT2D eigenvalue weighted by molar-refractivity contribution is 7.82. The molecule has 6 rings (SSSR count). The number of hydrogen-bond acceptors (Lipinski definition) is 7. The normalized spacial score (nSPS) is 18.4. The van der Waals surface area contributed by atoms with Gasteiger partial charge in [-0.15, -0.1) is 0 Å². The molecule has 1 aromatic heterocycles. The van der Waals surface area contributed by atoms with Gasteiger partial charge < -0.3 is 25.1 Å². The molecule has 0 bridgehead atoms. The Morgan fingerprint density at radius 2 is 1.83 bits per heavy atom. The summed E-state index contributed by atoms with van der Waals surface area (Å²) in [7, 11) is -1.26. The molecular weight excluding hydrogens is 698 g/mol. The number of allylic oxidation sites excluding steroid dienone is 4. The van der Waals surface area contributed by atoms with Crippen LogP contribution in [0.2, 0.25) is 5.02 Å². The highest BCUT2D eigenvalue weighted by Crippen LogP contribution is 2.48. The minimum Gasteiger partial charge on any atom is -0.440 e. The van der Waals surface area contributed by atoms with Gasteiger partial charge in [-0.05, 0) is 94.3 Å². The molecule has 2 unspecified atom stereocenters. The van der Waals surface area contributed by atoms with Crippen molar-refractivity contribution >= 4 is 45.5 Å². The fraction of sp³-hybridized carbons (Fsp3) is 0.475. The van der Waals surface area contributed by atoms with Crippen molar-refractivity contribution in [3.05, 3.63) is 102 Å². The molecule has 3 fully saturated rings. The lowest BCUT2D eigenvalue weighted by atomic mass is 9.96. The topological polar surface area (TPSA) is 137 Å². The van der Waals surface area contributed by atoms with E-state index in [2.05, 4.69) is 40.4 Å². The highest BCUT2D eigenvalue weighted by atomic mass is 35.5. The van der Waals surface area contributed by atoms with E-state index in [0.29, 0.717) is 30.4 Å². The molecular formula is C40H56ClN5O5S. The summed E-state index contributed by atoms with van der Waals surface area (Å²) in [5.41, 5.74) is 3.37. The van der Waals surface area contributed by atoms with Gasteiger partial charge in [-0.3, -0.25) is 9.59 Å². The van der Waals surface area contributed by atoms with Crippen LogP contribution in [0.1, 0.15) is 70.2 Å². The molecule has 12 heteroatoms. The van der Waals surface area contributed by atoms with Gasteiger partial charge in [-0.25, -0.2) is 13.9 Å². The maximum Gasteiger partial charge on any atom is 0.242 e. The van der Waals surface area contributed by atoms with Crippen LogP contribution >= 0.6 is 11.6 Å². The number of benzene rings is 2. The number of carbonyl (C=O) groups excluding carboxylic acids is 2. The molecule has 1 aliphatic carbocycles. The van der Waals surface area contributed by atoms with Crippen LogP contribution in [0.4, 0.5) is 0 Å². The Kier molecular flexibility index (Phi) is 18.5. The number of amides is 2. The Labute approximate surface area is 316 Å². The first kappa shape index (κ1) is 42.8. The van der Waals surface area contributed by atoms with E-state index >= 15 is 0 Å². The van der Waals surface area contributed by atoms with E-state index in [4.69, 9.17) is 21.1 Å². The minimum absolute atomic E-state index is 0.0280. The van der Waals surface area contributed by atoms with Gasteiger partial charge in [0, 0.05) is 24.4 Å². The van der Waals surface area contributed by atoms with Crippen molar-refractivity contribution in [1.82, 2.24) is 25.2 Å². The standard InChI is InChI=1S/C19H24N4O4S.C7H7ClO.C7H15N.C7H10/c1-28(26)21-11-16(24)23-10-4-6-14(23)17(25)20-12-19(8-9-19)18-22-13-5-2-3-7-15(13)27-18;8-7-3-1-6(5-9)2-4-7;1-2-7-3-5-8-6-4-7;1-4-6-7(3)5-2/h2-3,5,7,14,21H,4,6,8-12H2,1H3,(H,20,25);1-4,9H,5H2;7-8H,2-6H2,1H3;4-6H,1-2H2,3H3/b;;;7-6-. The lowest BCUT2D eigenvalue weighted by Crippen LogP contribution is -2.49. The number of rotatable bonds is 11. The zero-order valence-electron chi connectivity index (χ0n) is 30.9. The van der Waals surface area contributed by atoms with Crippen LogP contribution in [0, 0.1) is 5.92 Å². The third kappa shape index (κ3) is 14.1.